The number of hydrogen-bond acceptors (Lipinski definition) is 3. The zero-order valence-corrected chi connectivity index (χ0v) is 9.41. The first-order chi connectivity index (χ1) is 7.08. The number of rotatable bonds is 1. The Morgan fingerprint density at radius 1 is 1.53 bits per heavy atom. The highest BCUT2D eigenvalue weighted by Gasteiger charge is 2.45. The minimum Gasteiger partial charge on any atom is -0.494 e. The quantitative estimate of drug-likeness (QED) is 0.665. The van der Waals surface area contributed by atoms with Crippen molar-refractivity contribution in [2.75, 3.05) is 6.61 Å². The standard InChI is InChI=1S/C12H18O3/c1-3-11(2)9-12(5-7-14-11)8-10(13)4-6-15-12/h4,6H,3,5,7-9H2,1-2H3. The van der Waals surface area contributed by atoms with Gasteiger partial charge in [0.15, 0.2) is 5.78 Å². The maximum absolute atomic E-state index is 11.4. The molecule has 0 aromatic carbocycles. The Bertz CT molecular complexity index is 297. The number of carbonyl (C=O) groups is 1. The molecule has 1 spiro atoms. The molecule has 84 valence electrons. The first kappa shape index (κ1) is 10.7. The molecular formula is C12H18O3. The van der Waals surface area contributed by atoms with Crippen molar-refractivity contribution in [3.8, 4) is 0 Å². The molecule has 2 heterocycles. The number of ether oxygens (including phenoxy) is 2. The number of ketones is 1. The van der Waals surface area contributed by atoms with Crippen molar-refractivity contribution in [1.82, 2.24) is 0 Å². The van der Waals surface area contributed by atoms with Crippen LogP contribution in [-0.2, 0) is 14.3 Å². The second-order valence-electron chi connectivity index (χ2n) is 4.83. The van der Waals surface area contributed by atoms with Crippen LogP contribution in [0, 0.1) is 0 Å². The van der Waals surface area contributed by atoms with Gasteiger partial charge >= 0.3 is 0 Å². The third-order valence-electron chi connectivity index (χ3n) is 3.52. The molecule has 2 aliphatic rings. The van der Waals surface area contributed by atoms with Crippen LogP contribution in [0.3, 0.4) is 0 Å². The summed E-state index contributed by atoms with van der Waals surface area (Å²) in [6, 6.07) is 0. The van der Waals surface area contributed by atoms with Crippen LogP contribution in [0.15, 0.2) is 12.3 Å². The molecule has 15 heavy (non-hydrogen) atoms. The van der Waals surface area contributed by atoms with E-state index in [2.05, 4.69) is 13.8 Å². The summed E-state index contributed by atoms with van der Waals surface area (Å²) in [5, 5.41) is 0. The van der Waals surface area contributed by atoms with Gasteiger partial charge in [0, 0.05) is 18.9 Å². The summed E-state index contributed by atoms with van der Waals surface area (Å²) in [5.41, 5.74) is -0.432. The summed E-state index contributed by atoms with van der Waals surface area (Å²) in [7, 11) is 0. The maximum atomic E-state index is 11.4. The van der Waals surface area contributed by atoms with Gasteiger partial charge in [-0.05, 0) is 13.3 Å². The highest BCUT2D eigenvalue weighted by Crippen LogP contribution is 2.40. The largest absolute Gasteiger partial charge is 0.494 e. The molecule has 1 fully saturated rings. The summed E-state index contributed by atoms with van der Waals surface area (Å²) < 4.78 is 11.5. The summed E-state index contributed by atoms with van der Waals surface area (Å²) in [6.07, 6.45) is 6.15. The molecule has 0 amide bonds. The lowest BCUT2D eigenvalue weighted by atomic mass is 9.78. The molecule has 0 N–H and O–H groups in total. The molecule has 2 rings (SSSR count). The van der Waals surface area contributed by atoms with Gasteiger partial charge in [-0.2, -0.15) is 0 Å². The van der Waals surface area contributed by atoms with E-state index in [9.17, 15) is 4.79 Å². The van der Waals surface area contributed by atoms with Crippen LogP contribution < -0.4 is 0 Å². The topological polar surface area (TPSA) is 35.5 Å². The van der Waals surface area contributed by atoms with Gasteiger partial charge in [-0.3, -0.25) is 4.79 Å². The van der Waals surface area contributed by atoms with E-state index in [4.69, 9.17) is 9.47 Å². The molecule has 2 unspecified atom stereocenters. The van der Waals surface area contributed by atoms with Crippen molar-refractivity contribution in [2.24, 2.45) is 0 Å². The fraction of sp³-hybridized carbons (Fsp3) is 0.750. The Balaban J connectivity index is 2.15. The van der Waals surface area contributed by atoms with E-state index in [1.54, 1.807) is 6.26 Å². The Hall–Kier alpha value is -0.830. The third-order valence-corrected chi connectivity index (χ3v) is 3.52. The molecule has 0 aromatic heterocycles. The summed E-state index contributed by atoms with van der Waals surface area (Å²) in [4.78, 5) is 11.4. The van der Waals surface area contributed by atoms with Crippen molar-refractivity contribution in [3.63, 3.8) is 0 Å². The molecule has 2 atom stereocenters. The Morgan fingerprint density at radius 2 is 2.33 bits per heavy atom. The van der Waals surface area contributed by atoms with E-state index < -0.39 is 0 Å². The molecule has 0 saturated carbocycles. The molecule has 0 radical (unpaired) electrons. The lowest BCUT2D eigenvalue weighted by Gasteiger charge is -2.45. The first-order valence-electron chi connectivity index (χ1n) is 5.59. The fourth-order valence-electron chi connectivity index (χ4n) is 2.46. The predicted octanol–water partition coefficient (Wildman–Crippen LogP) is 2.21. The van der Waals surface area contributed by atoms with Gasteiger partial charge in [0.1, 0.15) is 5.60 Å². The molecule has 1 saturated heterocycles. The molecule has 2 aliphatic heterocycles. The second kappa shape index (κ2) is 3.63. The minimum absolute atomic E-state index is 0.135. The van der Waals surface area contributed by atoms with Crippen LogP contribution in [0.5, 0.6) is 0 Å². The molecule has 0 aromatic rings. The summed E-state index contributed by atoms with van der Waals surface area (Å²) in [6.45, 7) is 4.89. The number of hydrogen-bond donors (Lipinski definition) is 0. The van der Waals surface area contributed by atoms with Gasteiger partial charge in [-0.25, -0.2) is 0 Å². The second-order valence-corrected chi connectivity index (χ2v) is 4.83. The Labute approximate surface area is 90.4 Å². The zero-order chi connectivity index (χ0) is 10.9. The van der Waals surface area contributed by atoms with Crippen molar-refractivity contribution >= 4 is 5.78 Å². The van der Waals surface area contributed by atoms with Crippen LogP contribution in [0.1, 0.15) is 39.5 Å². The van der Waals surface area contributed by atoms with Gasteiger partial charge < -0.3 is 9.47 Å². The number of allylic oxidation sites excluding steroid dienone is 1. The fourth-order valence-corrected chi connectivity index (χ4v) is 2.46. The van der Waals surface area contributed by atoms with Crippen molar-refractivity contribution < 1.29 is 14.3 Å². The van der Waals surface area contributed by atoms with Crippen molar-refractivity contribution in [2.45, 2.75) is 50.7 Å². The Kier molecular flexibility index (Phi) is 2.59. The van der Waals surface area contributed by atoms with Gasteiger partial charge in [0.05, 0.1) is 24.9 Å². The smallest absolute Gasteiger partial charge is 0.162 e. The van der Waals surface area contributed by atoms with E-state index in [0.29, 0.717) is 13.0 Å². The number of carbonyl (C=O) groups excluding carboxylic acids is 1. The first-order valence-corrected chi connectivity index (χ1v) is 5.59. The average molecular weight is 210 g/mol. The SMILES string of the molecule is CCC1(C)CC2(CCO1)CC(=O)C=CO2. The lowest BCUT2D eigenvalue weighted by Crippen LogP contribution is -2.49. The van der Waals surface area contributed by atoms with Crippen LogP contribution in [0.4, 0.5) is 0 Å². The maximum Gasteiger partial charge on any atom is 0.162 e. The van der Waals surface area contributed by atoms with Gasteiger partial charge in [0.2, 0.25) is 0 Å². The summed E-state index contributed by atoms with van der Waals surface area (Å²) in [5.74, 6) is 0.168. The van der Waals surface area contributed by atoms with Gasteiger partial charge in [0.25, 0.3) is 0 Å². The van der Waals surface area contributed by atoms with Gasteiger partial charge in [-0.1, -0.05) is 6.92 Å². The molecule has 3 heteroatoms. The van der Waals surface area contributed by atoms with E-state index in [1.807, 2.05) is 0 Å². The normalized spacial score (nSPS) is 40.5. The molecular weight excluding hydrogens is 192 g/mol. The van der Waals surface area contributed by atoms with E-state index in [1.165, 1.54) is 6.08 Å². The average Bonchev–Trinajstić information content (AvgIpc) is 2.17. The van der Waals surface area contributed by atoms with Crippen LogP contribution >= 0.6 is 0 Å². The van der Waals surface area contributed by atoms with Crippen LogP contribution in [0.2, 0.25) is 0 Å². The van der Waals surface area contributed by atoms with Gasteiger partial charge in [-0.15, -0.1) is 0 Å². The van der Waals surface area contributed by atoms with Crippen LogP contribution in [0.25, 0.3) is 0 Å². The molecule has 0 aliphatic carbocycles. The molecule has 0 bridgehead atoms. The highest BCUT2D eigenvalue weighted by atomic mass is 16.5. The lowest BCUT2D eigenvalue weighted by molar-refractivity contribution is -0.165. The van der Waals surface area contributed by atoms with E-state index >= 15 is 0 Å². The summed E-state index contributed by atoms with van der Waals surface area (Å²) >= 11 is 0. The third kappa shape index (κ3) is 2.07. The molecule has 3 nitrogen and oxygen atoms in total. The minimum atomic E-state index is -0.297. The van der Waals surface area contributed by atoms with E-state index in [-0.39, 0.29) is 17.0 Å². The zero-order valence-electron chi connectivity index (χ0n) is 9.41. The Morgan fingerprint density at radius 3 is 3.00 bits per heavy atom. The predicted molar refractivity (Wildman–Crippen MR) is 56.5 cm³/mol. The highest BCUT2D eigenvalue weighted by molar-refractivity contribution is 5.90. The van der Waals surface area contributed by atoms with Crippen molar-refractivity contribution in [3.05, 3.63) is 12.3 Å². The van der Waals surface area contributed by atoms with Crippen molar-refractivity contribution in [1.29, 1.82) is 0 Å². The van der Waals surface area contributed by atoms with E-state index in [0.717, 1.165) is 19.3 Å². The van der Waals surface area contributed by atoms with Crippen LogP contribution in [-0.4, -0.2) is 23.6 Å². The monoisotopic (exact) mass is 210 g/mol.